The Morgan fingerprint density at radius 3 is 2.70 bits per heavy atom. The number of hydrogen-bond acceptors (Lipinski definition) is 4. The highest BCUT2D eigenvalue weighted by Gasteiger charge is 2.29. The van der Waals surface area contributed by atoms with Crippen molar-refractivity contribution < 1.29 is 4.52 Å². The summed E-state index contributed by atoms with van der Waals surface area (Å²) in [5, 5.41) is 8.12. The molecule has 0 unspecified atom stereocenters. The Labute approximate surface area is 123 Å². The summed E-state index contributed by atoms with van der Waals surface area (Å²) in [6.07, 6.45) is 3.16. The van der Waals surface area contributed by atoms with E-state index >= 15 is 0 Å². The van der Waals surface area contributed by atoms with Gasteiger partial charge in [0.1, 0.15) is 0 Å². The topological polar surface area (TPSA) is 51.0 Å². The fourth-order valence-corrected chi connectivity index (χ4v) is 2.74. The van der Waals surface area contributed by atoms with Crippen LogP contribution in [-0.2, 0) is 6.42 Å². The average Bonchev–Trinajstić information content (AvgIpc) is 2.80. The van der Waals surface area contributed by atoms with Crippen LogP contribution < -0.4 is 5.32 Å². The maximum atomic E-state index is 5.90. The zero-order valence-electron chi connectivity index (χ0n) is 11.5. The van der Waals surface area contributed by atoms with E-state index in [1.54, 1.807) is 0 Å². The van der Waals surface area contributed by atoms with Crippen LogP contribution in [0.2, 0.25) is 5.02 Å². The van der Waals surface area contributed by atoms with Crippen LogP contribution in [0.4, 0.5) is 0 Å². The molecule has 4 nitrogen and oxygen atoms in total. The standard InChI is InChI=1S/C15H18ClN3O/c1-10-18-15(20-19-10)6-7-17-14-8-12(9-14)11-2-4-13(16)5-3-11/h2-5,12,14,17H,6-9H2,1H3. The lowest BCUT2D eigenvalue weighted by Gasteiger charge is -2.36. The minimum atomic E-state index is 0.597. The van der Waals surface area contributed by atoms with Crippen LogP contribution in [0, 0.1) is 6.92 Å². The van der Waals surface area contributed by atoms with E-state index in [1.165, 1.54) is 18.4 Å². The molecular weight excluding hydrogens is 274 g/mol. The summed E-state index contributed by atoms with van der Waals surface area (Å²) in [6, 6.07) is 8.79. The van der Waals surface area contributed by atoms with Gasteiger partial charge in [0.15, 0.2) is 5.82 Å². The molecule has 2 aromatic rings. The van der Waals surface area contributed by atoms with Gasteiger partial charge < -0.3 is 9.84 Å². The summed E-state index contributed by atoms with van der Waals surface area (Å²) in [6.45, 7) is 2.72. The summed E-state index contributed by atoms with van der Waals surface area (Å²) in [5.74, 6) is 2.07. The molecule has 5 heteroatoms. The highest BCUT2D eigenvalue weighted by atomic mass is 35.5. The van der Waals surface area contributed by atoms with Crippen molar-refractivity contribution in [2.75, 3.05) is 6.54 Å². The second-order valence-electron chi connectivity index (χ2n) is 5.36. The number of halogens is 1. The van der Waals surface area contributed by atoms with Gasteiger partial charge in [0, 0.05) is 24.0 Å². The van der Waals surface area contributed by atoms with Crippen LogP contribution in [0.5, 0.6) is 0 Å². The van der Waals surface area contributed by atoms with Gasteiger partial charge in [-0.3, -0.25) is 0 Å². The minimum absolute atomic E-state index is 0.597. The van der Waals surface area contributed by atoms with Crippen molar-refractivity contribution in [3.8, 4) is 0 Å². The third-order valence-corrected chi connectivity index (χ3v) is 4.07. The molecule has 0 amide bonds. The van der Waals surface area contributed by atoms with E-state index in [0.717, 1.165) is 18.0 Å². The van der Waals surface area contributed by atoms with Crippen LogP contribution in [0.25, 0.3) is 0 Å². The minimum Gasteiger partial charge on any atom is -0.339 e. The first-order valence-electron chi connectivity index (χ1n) is 6.99. The largest absolute Gasteiger partial charge is 0.339 e. The number of hydrogen-bond donors (Lipinski definition) is 1. The predicted octanol–water partition coefficient (Wildman–Crippen LogP) is 3.11. The van der Waals surface area contributed by atoms with Crippen LogP contribution in [0.1, 0.15) is 36.0 Å². The summed E-state index contributed by atoms with van der Waals surface area (Å²) in [7, 11) is 0. The normalized spacial score (nSPS) is 21.7. The van der Waals surface area contributed by atoms with E-state index in [2.05, 4.69) is 27.6 Å². The summed E-state index contributed by atoms with van der Waals surface area (Å²) in [4.78, 5) is 4.19. The maximum absolute atomic E-state index is 5.90. The highest BCUT2D eigenvalue weighted by Crippen LogP contribution is 2.37. The second-order valence-corrected chi connectivity index (χ2v) is 5.79. The molecule has 0 atom stereocenters. The molecule has 1 aromatic carbocycles. The fourth-order valence-electron chi connectivity index (χ4n) is 2.62. The monoisotopic (exact) mass is 291 g/mol. The predicted molar refractivity (Wildman–Crippen MR) is 78.0 cm³/mol. The average molecular weight is 292 g/mol. The Hall–Kier alpha value is -1.39. The molecule has 1 heterocycles. The number of nitrogens with zero attached hydrogens (tertiary/aromatic N) is 2. The Bertz CT molecular complexity index is 561. The first-order chi connectivity index (χ1) is 9.70. The number of aryl methyl sites for hydroxylation is 1. The molecule has 1 N–H and O–H groups in total. The van der Waals surface area contributed by atoms with Gasteiger partial charge in [-0.2, -0.15) is 4.98 Å². The van der Waals surface area contributed by atoms with E-state index in [0.29, 0.717) is 23.7 Å². The third kappa shape index (κ3) is 3.19. The third-order valence-electron chi connectivity index (χ3n) is 3.82. The molecule has 0 aliphatic heterocycles. The fraction of sp³-hybridized carbons (Fsp3) is 0.467. The SMILES string of the molecule is Cc1noc(CCNC2CC(c3ccc(Cl)cc3)C2)n1. The Morgan fingerprint density at radius 1 is 1.30 bits per heavy atom. The van der Waals surface area contributed by atoms with Crippen LogP contribution >= 0.6 is 11.6 Å². The van der Waals surface area contributed by atoms with Crippen LogP contribution in [-0.4, -0.2) is 22.7 Å². The van der Waals surface area contributed by atoms with Gasteiger partial charge in [-0.1, -0.05) is 28.9 Å². The molecule has 3 rings (SSSR count). The quantitative estimate of drug-likeness (QED) is 0.919. The number of nitrogens with one attached hydrogen (secondary N) is 1. The lowest BCUT2D eigenvalue weighted by atomic mass is 9.76. The van der Waals surface area contributed by atoms with E-state index in [-0.39, 0.29) is 0 Å². The molecule has 20 heavy (non-hydrogen) atoms. The Balaban J connectivity index is 1.39. The molecule has 1 aliphatic rings. The summed E-state index contributed by atoms with van der Waals surface area (Å²) >= 11 is 5.90. The molecular formula is C15H18ClN3O. The van der Waals surface area contributed by atoms with Crippen LogP contribution in [0.3, 0.4) is 0 Å². The van der Waals surface area contributed by atoms with Crippen molar-refractivity contribution in [1.29, 1.82) is 0 Å². The molecule has 1 fully saturated rings. The van der Waals surface area contributed by atoms with Crippen molar-refractivity contribution in [3.63, 3.8) is 0 Å². The van der Waals surface area contributed by atoms with Crippen molar-refractivity contribution in [1.82, 2.24) is 15.5 Å². The van der Waals surface area contributed by atoms with Gasteiger partial charge >= 0.3 is 0 Å². The number of benzene rings is 1. The van der Waals surface area contributed by atoms with E-state index in [9.17, 15) is 0 Å². The highest BCUT2D eigenvalue weighted by molar-refractivity contribution is 6.30. The maximum Gasteiger partial charge on any atom is 0.227 e. The first-order valence-corrected chi connectivity index (χ1v) is 7.36. The molecule has 0 saturated heterocycles. The molecule has 0 radical (unpaired) electrons. The van der Waals surface area contributed by atoms with Gasteiger partial charge in [0.2, 0.25) is 5.89 Å². The zero-order chi connectivity index (χ0) is 13.9. The van der Waals surface area contributed by atoms with Crippen molar-refractivity contribution in [2.45, 2.75) is 38.1 Å². The first kappa shape index (κ1) is 13.6. The van der Waals surface area contributed by atoms with Gasteiger partial charge in [-0.25, -0.2) is 0 Å². The Kier molecular flexibility index (Phi) is 4.03. The molecule has 1 saturated carbocycles. The zero-order valence-corrected chi connectivity index (χ0v) is 12.2. The van der Waals surface area contributed by atoms with E-state index < -0.39 is 0 Å². The van der Waals surface area contributed by atoms with Gasteiger partial charge in [-0.15, -0.1) is 0 Å². The summed E-state index contributed by atoms with van der Waals surface area (Å²) in [5.41, 5.74) is 1.39. The molecule has 0 bridgehead atoms. The number of rotatable bonds is 5. The van der Waals surface area contributed by atoms with Crippen molar-refractivity contribution in [3.05, 3.63) is 46.6 Å². The van der Waals surface area contributed by atoms with E-state index in [1.807, 2.05) is 19.1 Å². The Morgan fingerprint density at radius 2 is 2.05 bits per heavy atom. The summed E-state index contributed by atoms with van der Waals surface area (Å²) < 4.78 is 5.09. The lowest BCUT2D eigenvalue weighted by molar-refractivity contribution is 0.287. The molecule has 1 aliphatic carbocycles. The van der Waals surface area contributed by atoms with Crippen molar-refractivity contribution >= 4 is 11.6 Å². The number of aromatic nitrogens is 2. The van der Waals surface area contributed by atoms with Gasteiger partial charge in [0.05, 0.1) is 0 Å². The van der Waals surface area contributed by atoms with Crippen molar-refractivity contribution in [2.24, 2.45) is 0 Å². The smallest absolute Gasteiger partial charge is 0.227 e. The van der Waals surface area contributed by atoms with Gasteiger partial charge in [-0.05, 0) is 43.4 Å². The van der Waals surface area contributed by atoms with Crippen LogP contribution in [0.15, 0.2) is 28.8 Å². The second kappa shape index (κ2) is 5.94. The van der Waals surface area contributed by atoms with E-state index in [4.69, 9.17) is 16.1 Å². The lowest BCUT2D eigenvalue weighted by Crippen LogP contribution is -2.40. The molecule has 0 spiro atoms. The molecule has 1 aromatic heterocycles. The van der Waals surface area contributed by atoms with Gasteiger partial charge in [0.25, 0.3) is 0 Å². The molecule has 106 valence electrons.